The summed E-state index contributed by atoms with van der Waals surface area (Å²) in [4.78, 5) is 3.13. The van der Waals surface area contributed by atoms with E-state index in [1.54, 1.807) is 0 Å². The van der Waals surface area contributed by atoms with Crippen molar-refractivity contribution in [2.75, 3.05) is 26.3 Å². The second-order valence-electron chi connectivity index (χ2n) is 11.8. The highest BCUT2D eigenvalue weighted by Crippen LogP contribution is 2.38. The van der Waals surface area contributed by atoms with E-state index in [9.17, 15) is 10.2 Å². The predicted octanol–water partition coefficient (Wildman–Crippen LogP) is 5.38. The zero-order valence-electron chi connectivity index (χ0n) is 24.4. The van der Waals surface area contributed by atoms with Gasteiger partial charge in [0.15, 0.2) is 0 Å². The number of aromatic nitrogens is 1. The lowest BCUT2D eigenvalue weighted by Crippen LogP contribution is -2.42. The quantitative estimate of drug-likeness (QED) is 0.212. The summed E-state index contributed by atoms with van der Waals surface area (Å²) in [7, 11) is 0. The van der Waals surface area contributed by atoms with Crippen molar-refractivity contribution in [1.82, 2.24) is 15.6 Å². The van der Waals surface area contributed by atoms with Crippen LogP contribution < -0.4 is 20.1 Å². The van der Waals surface area contributed by atoms with Crippen LogP contribution in [0.4, 0.5) is 0 Å². The summed E-state index contributed by atoms with van der Waals surface area (Å²) in [6.45, 7) is 12.1. The number of aromatic amines is 1. The molecule has 1 heterocycles. The minimum absolute atomic E-state index is 0.0166. The number of aliphatic hydroxyl groups is 2. The molecule has 39 heavy (non-hydrogen) atoms. The molecule has 2 aromatic carbocycles. The van der Waals surface area contributed by atoms with Gasteiger partial charge in [0.05, 0.1) is 0 Å². The Bertz CT molecular complexity index is 1100. The third-order valence-corrected chi connectivity index (χ3v) is 6.76. The van der Waals surface area contributed by atoms with E-state index in [4.69, 9.17) is 9.47 Å². The number of benzene rings is 2. The molecule has 0 aliphatic heterocycles. The molecule has 1 aliphatic rings. The van der Waals surface area contributed by atoms with Crippen molar-refractivity contribution in [3.05, 3.63) is 60.3 Å². The van der Waals surface area contributed by atoms with E-state index in [2.05, 4.69) is 48.5 Å². The Labute approximate surface area is 234 Å². The fourth-order valence-electron chi connectivity index (χ4n) is 4.65. The Morgan fingerprint density at radius 2 is 1.51 bits per heavy atom. The lowest BCUT2D eigenvalue weighted by atomic mass is 9.97. The van der Waals surface area contributed by atoms with E-state index in [-0.39, 0.29) is 5.54 Å². The molecular formula is C32H49N3O4. The second-order valence-corrected chi connectivity index (χ2v) is 11.8. The van der Waals surface area contributed by atoms with Crippen molar-refractivity contribution in [2.45, 2.75) is 90.0 Å². The topological polar surface area (TPSA) is 98.8 Å². The van der Waals surface area contributed by atoms with Gasteiger partial charge in [-0.05, 0) is 69.4 Å². The molecule has 216 valence electrons. The number of H-pyrrole nitrogens is 1. The predicted molar refractivity (Wildman–Crippen MR) is 160 cm³/mol. The molecule has 1 unspecified atom stereocenters. The van der Waals surface area contributed by atoms with Gasteiger partial charge in [-0.1, -0.05) is 51.0 Å². The molecule has 0 amide bonds. The first-order chi connectivity index (χ1) is 18.6. The van der Waals surface area contributed by atoms with Crippen LogP contribution in [0, 0.1) is 0 Å². The number of aliphatic hydroxyl groups excluding tert-OH is 2. The maximum Gasteiger partial charge on any atom is 0.128 e. The standard InChI is InChI=1S/C18H29NO2.C14H20N2O2/c1-18(2,3)19-12-15(20)13-21-17-11-7-6-10-16(17)14-8-4-5-9-14;1-10(2)16-8-11(17)9-18-14-5-3-4-13-12(14)6-7-15-13/h6-7,10-11,14-15,19-20H,4-5,8-9,12-13H2,1-3H3;3-7,10-11,15-17H,8-9H2,1-2H3/t15-;/m0./s1. The van der Waals surface area contributed by atoms with Crippen LogP contribution in [-0.2, 0) is 0 Å². The summed E-state index contributed by atoms with van der Waals surface area (Å²) in [5, 5.41) is 27.3. The van der Waals surface area contributed by atoms with E-state index in [0.717, 1.165) is 22.4 Å². The van der Waals surface area contributed by atoms with Crippen LogP contribution in [0.1, 0.15) is 71.8 Å². The van der Waals surface area contributed by atoms with Gasteiger partial charge in [0, 0.05) is 41.8 Å². The number of β-amino-alcohol motifs (C(OH)–C–C–N with tert-alkyl or cyclic N) is 1. The van der Waals surface area contributed by atoms with Gasteiger partial charge in [0.25, 0.3) is 0 Å². The first-order valence-corrected chi connectivity index (χ1v) is 14.4. The van der Waals surface area contributed by atoms with E-state index in [1.165, 1.54) is 31.2 Å². The number of rotatable bonds is 12. The number of nitrogens with one attached hydrogen (secondary N) is 3. The largest absolute Gasteiger partial charge is 0.491 e. The van der Waals surface area contributed by atoms with E-state index >= 15 is 0 Å². The molecule has 3 aromatic rings. The summed E-state index contributed by atoms with van der Waals surface area (Å²) in [6.07, 6.45) is 6.05. The Balaban J connectivity index is 0.000000218. The maximum absolute atomic E-state index is 10.0. The monoisotopic (exact) mass is 539 g/mol. The van der Waals surface area contributed by atoms with Gasteiger partial charge in [-0.15, -0.1) is 0 Å². The van der Waals surface area contributed by atoms with Crippen LogP contribution in [-0.4, -0.2) is 65.3 Å². The van der Waals surface area contributed by atoms with Crippen LogP contribution in [0.2, 0.25) is 0 Å². The van der Waals surface area contributed by atoms with Gasteiger partial charge >= 0.3 is 0 Å². The van der Waals surface area contributed by atoms with Crippen LogP contribution >= 0.6 is 0 Å². The summed E-state index contributed by atoms with van der Waals surface area (Å²) < 4.78 is 11.5. The number of para-hydroxylation sites is 1. The van der Waals surface area contributed by atoms with Gasteiger partial charge in [-0.3, -0.25) is 0 Å². The number of ether oxygens (including phenoxy) is 2. The summed E-state index contributed by atoms with van der Waals surface area (Å²) in [6, 6.07) is 16.5. The minimum atomic E-state index is -0.499. The molecule has 0 spiro atoms. The molecule has 5 N–H and O–H groups in total. The molecule has 0 bridgehead atoms. The third kappa shape index (κ3) is 10.8. The summed E-state index contributed by atoms with van der Waals surface area (Å²) in [5.41, 5.74) is 2.37. The lowest BCUT2D eigenvalue weighted by Gasteiger charge is -2.23. The first-order valence-electron chi connectivity index (χ1n) is 14.4. The number of fused-ring (bicyclic) bond motifs is 1. The van der Waals surface area contributed by atoms with Gasteiger partial charge < -0.3 is 35.3 Å². The molecular weight excluding hydrogens is 490 g/mol. The molecule has 1 saturated carbocycles. The Morgan fingerprint density at radius 3 is 2.21 bits per heavy atom. The van der Waals surface area contributed by atoms with Crippen molar-refractivity contribution in [1.29, 1.82) is 0 Å². The van der Waals surface area contributed by atoms with E-state index in [1.807, 2.05) is 56.4 Å². The van der Waals surface area contributed by atoms with Gasteiger partial charge in [0.2, 0.25) is 0 Å². The first kappa shape index (κ1) is 31.0. The zero-order valence-corrected chi connectivity index (χ0v) is 24.4. The highest BCUT2D eigenvalue weighted by molar-refractivity contribution is 5.85. The Morgan fingerprint density at radius 1 is 0.872 bits per heavy atom. The van der Waals surface area contributed by atoms with Crippen LogP contribution in [0.25, 0.3) is 10.9 Å². The van der Waals surface area contributed by atoms with Crippen molar-refractivity contribution in [3.63, 3.8) is 0 Å². The Kier molecular flexibility index (Phi) is 12.1. The number of hydrogen-bond donors (Lipinski definition) is 5. The van der Waals surface area contributed by atoms with Crippen molar-refractivity contribution >= 4 is 10.9 Å². The molecule has 1 fully saturated rings. The number of hydrogen-bond acceptors (Lipinski definition) is 6. The summed E-state index contributed by atoms with van der Waals surface area (Å²) >= 11 is 0. The van der Waals surface area contributed by atoms with Gasteiger partial charge in [0.1, 0.15) is 36.9 Å². The zero-order chi connectivity index (χ0) is 28.3. The van der Waals surface area contributed by atoms with Crippen molar-refractivity contribution < 1.29 is 19.7 Å². The van der Waals surface area contributed by atoms with E-state index in [0.29, 0.717) is 38.3 Å². The smallest absolute Gasteiger partial charge is 0.128 e. The molecule has 0 saturated heterocycles. The normalized spacial score (nSPS) is 15.7. The highest BCUT2D eigenvalue weighted by atomic mass is 16.5. The average molecular weight is 540 g/mol. The lowest BCUT2D eigenvalue weighted by molar-refractivity contribution is 0.0993. The second kappa shape index (κ2) is 15.3. The molecule has 7 nitrogen and oxygen atoms in total. The fourth-order valence-corrected chi connectivity index (χ4v) is 4.65. The third-order valence-electron chi connectivity index (χ3n) is 6.76. The molecule has 1 aromatic heterocycles. The van der Waals surface area contributed by atoms with Crippen LogP contribution in [0.3, 0.4) is 0 Å². The van der Waals surface area contributed by atoms with E-state index < -0.39 is 12.2 Å². The van der Waals surface area contributed by atoms with Crippen LogP contribution in [0.5, 0.6) is 11.5 Å². The average Bonchev–Trinajstić information content (AvgIpc) is 3.61. The molecule has 4 rings (SSSR count). The molecule has 0 radical (unpaired) electrons. The van der Waals surface area contributed by atoms with Crippen LogP contribution in [0.15, 0.2) is 54.7 Å². The Hall–Kier alpha value is -2.58. The molecule has 1 aliphatic carbocycles. The fraction of sp³-hybridized carbons (Fsp3) is 0.562. The van der Waals surface area contributed by atoms with Gasteiger partial charge in [-0.2, -0.15) is 0 Å². The van der Waals surface area contributed by atoms with Crippen molar-refractivity contribution in [3.8, 4) is 11.5 Å². The van der Waals surface area contributed by atoms with Crippen molar-refractivity contribution in [2.24, 2.45) is 0 Å². The highest BCUT2D eigenvalue weighted by Gasteiger charge is 2.21. The molecule has 2 atom stereocenters. The molecule has 7 heteroatoms. The maximum atomic E-state index is 10.0. The van der Waals surface area contributed by atoms with Gasteiger partial charge in [-0.25, -0.2) is 0 Å². The summed E-state index contributed by atoms with van der Waals surface area (Å²) in [5.74, 6) is 2.38. The SMILES string of the molecule is CC(C)(C)NC[C@H](O)COc1ccccc1C1CCCC1.CC(C)NCC(O)COc1cccc2[nH]ccc12. The minimum Gasteiger partial charge on any atom is -0.491 e.